The zero-order valence-corrected chi connectivity index (χ0v) is 8.31. The molecule has 1 nitrogen and oxygen atoms in total. The van der Waals surface area contributed by atoms with Gasteiger partial charge in [0.2, 0.25) is 0 Å². The Morgan fingerprint density at radius 3 is 2.73 bits per heavy atom. The topological polar surface area (TPSA) is 9.23 Å². The molecule has 0 fully saturated rings. The smallest absolute Gasteiger partial charge is 0.122 e. The Balaban J connectivity index is 3.02. The quantitative estimate of drug-likeness (QED) is 0.689. The van der Waals surface area contributed by atoms with E-state index in [0.29, 0.717) is 0 Å². The molecule has 11 heavy (non-hydrogen) atoms. The van der Waals surface area contributed by atoms with Crippen LogP contribution in [0.25, 0.3) is 0 Å². The van der Waals surface area contributed by atoms with Crippen LogP contribution >= 0.6 is 15.9 Å². The van der Waals surface area contributed by atoms with E-state index in [1.165, 1.54) is 11.1 Å². The highest BCUT2D eigenvalue weighted by atomic mass is 79.9. The number of ether oxygens (including phenoxy) is 1. The van der Waals surface area contributed by atoms with Crippen LogP contribution in [0.1, 0.15) is 11.1 Å². The third-order valence-corrected chi connectivity index (χ3v) is 2.27. The van der Waals surface area contributed by atoms with Gasteiger partial charge in [0.05, 0.1) is 7.11 Å². The minimum atomic E-state index is 0.879. The number of aryl methyl sites for hydroxylation is 1. The van der Waals surface area contributed by atoms with E-state index in [-0.39, 0.29) is 0 Å². The summed E-state index contributed by atoms with van der Waals surface area (Å²) in [4.78, 5) is 0. The fourth-order valence-corrected chi connectivity index (χ4v) is 1.30. The molecule has 0 heterocycles. The van der Waals surface area contributed by atoms with Gasteiger partial charge in [-0.3, -0.25) is 0 Å². The fourth-order valence-electron chi connectivity index (χ4n) is 0.948. The first-order valence-electron chi connectivity index (χ1n) is 3.47. The summed E-state index contributed by atoms with van der Waals surface area (Å²) in [6, 6.07) is 6.20. The molecule has 0 bridgehead atoms. The van der Waals surface area contributed by atoms with Gasteiger partial charge in [-0.2, -0.15) is 0 Å². The Morgan fingerprint density at radius 2 is 2.18 bits per heavy atom. The number of halogens is 1. The molecule has 0 atom stereocenters. The Hall–Kier alpha value is -0.500. The molecular weight excluding hydrogens is 204 g/mol. The summed E-state index contributed by atoms with van der Waals surface area (Å²) in [5, 5.41) is 0.879. The first-order chi connectivity index (χ1) is 5.27. The zero-order chi connectivity index (χ0) is 8.27. The minimum absolute atomic E-state index is 0.879. The fraction of sp³-hybridized carbons (Fsp3) is 0.333. The maximum atomic E-state index is 5.17. The van der Waals surface area contributed by atoms with Crippen LogP contribution in [-0.4, -0.2) is 7.11 Å². The van der Waals surface area contributed by atoms with Crippen molar-refractivity contribution in [2.24, 2.45) is 0 Å². The number of alkyl halides is 1. The summed E-state index contributed by atoms with van der Waals surface area (Å²) < 4.78 is 5.17. The minimum Gasteiger partial charge on any atom is -0.496 e. The summed E-state index contributed by atoms with van der Waals surface area (Å²) in [6.07, 6.45) is 0. The molecule has 0 saturated heterocycles. The van der Waals surface area contributed by atoms with Crippen LogP contribution in [0.5, 0.6) is 5.75 Å². The van der Waals surface area contributed by atoms with Crippen molar-refractivity contribution in [1.29, 1.82) is 0 Å². The van der Waals surface area contributed by atoms with Crippen LogP contribution in [0, 0.1) is 6.92 Å². The van der Waals surface area contributed by atoms with Gasteiger partial charge < -0.3 is 4.74 Å². The lowest BCUT2D eigenvalue weighted by Crippen LogP contribution is -1.88. The molecule has 0 aliphatic carbocycles. The van der Waals surface area contributed by atoms with E-state index >= 15 is 0 Å². The SMILES string of the molecule is COc1cc(CBr)ccc1C. The molecule has 1 rings (SSSR count). The molecule has 0 amide bonds. The average Bonchev–Trinajstić information content (AvgIpc) is 2.05. The summed E-state index contributed by atoms with van der Waals surface area (Å²) >= 11 is 3.39. The molecule has 0 N–H and O–H groups in total. The van der Waals surface area contributed by atoms with Crippen molar-refractivity contribution >= 4 is 15.9 Å². The Morgan fingerprint density at radius 1 is 1.45 bits per heavy atom. The predicted octanol–water partition coefficient (Wildman–Crippen LogP) is 2.90. The van der Waals surface area contributed by atoms with E-state index in [2.05, 4.69) is 28.1 Å². The molecule has 60 valence electrons. The second-order valence-electron chi connectivity index (χ2n) is 2.44. The van der Waals surface area contributed by atoms with Gasteiger partial charge in [-0.25, -0.2) is 0 Å². The predicted molar refractivity (Wildman–Crippen MR) is 50.4 cm³/mol. The van der Waals surface area contributed by atoms with Crippen LogP contribution in [0.15, 0.2) is 18.2 Å². The number of methoxy groups -OCH3 is 1. The number of hydrogen-bond donors (Lipinski definition) is 0. The van der Waals surface area contributed by atoms with Crippen LogP contribution < -0.4 is 4.74 Å². The third-order valence-electron chi connectivity index (χ3n) is 1.63. The van der Waals surface area contributed by atoms with Crippen molar-refractivity contribution in [3.8, 4) is 5.75 Å². The van der Waals surface area contributed by atoms with Gasteiger partial charge in [0, 0.05) is 5.33 Å². The molecule has 0 aromatic heterocycles. The van der Waals surface area contributed by atoms with Crippen molar-refractivity contribution in [3.05, 3.63) is 29.3 Å². The van der Waals surface area contributed by atoms with E-state index in [4.69, 9.17) is 4.74 Å². The number of rotatable bonds is 2. The number of benzene rings is 1. The second kappa shape index (κ2) is 3.77. The van der Waals surface area contributed by atoms with Crippen LogP contribution in [0.4, 0.5) is 0 Å². The van der Waals surface area contributed by atoms with E-state index in [1.807, 2.05) is 13.0 Å². The van der Waals surface area contributed by atoms with Gasteiger partial charge in [-0.05, 0) is 24.1 Å². The lowest BCUT2D eigenvalue weighted by atomic mass is 10.1. The van der Waals surface area contributed by atoms with Crippen molar-refractivity contribution in [3.63, 3.8) is 0 Å². The monoisotopic (exact) mass is 214 g/mol. The van der Waals surface area contributed by atoms with Gasteiger partial charge in [0.25, 0.3) is 0 Å². The maximum absolute atomic E-state index is 5.17. The van der Waals surface area contributed by atoms with Crippen molar-refractivity contribution in [2.75, 3.05) is 7.11 Å². The van der Waals surface area contributed by atoms with Gasteiger partial charge in [-0.1, -0.05) is 28.1 Å². The summed E-state index contributed by atoms with van der Waals surface area (Å²) in [7, 11) is 1.69. The zero-order valence-electron chi connectivity index (χ0n) is 6.73. The average molecular weight is 215 g/mol. The van der Waals surface area contributed by atoms with E-state index in [1.54, 1.807) is 7.11 Å². The van der Waals surface area contributed by atoms with Crippen molar-refractivity contribution in [2.45, 2.75) is 12.3 Å². The van der Waals surface area contributed by atoms with Crippen molar-refractivity contribution in [1.82, 2.24) is 0 Å². The molecular formula is C9H11BrO. The highest BCUT2D eigenvalue weighted by Crippen LogP contribution is 2.19. The Labute approximate surface area is 75.5 Å². The molecule has 0 spiro atoms. The molecule has 1 aromatic carbocycles. The lowest BCUT2D eigenvalue weighted by Gasteiger charge is -2.04. The lowest BCUT2D eigenvalue weighted by molar-refractivity contribution is 0.411. The highest BCUT2D eigenvalue weighted by Gasteiger charge is 1.97. The van der Waals surface area contributed by atoms with Crippen LogP contribution in [-0.2, 0) is 5.33 Å². The van der Waals surface area contributed by atoms with Gasteiger partial charge >= 0.3 is 0 Å². The van der Waals surface area contributed by atoms with E-state index < -0.39 is 0 Å². The standard InChI is InChI=1S/C9H11BrO/c1-7-3-4-8(6-10)5-9(7)11-2/h3-5H,6H2,1-2H3. The van der Waals surface area contributed by atoms with Gasteiger partial charge in [0.15, 0.2) is 0 Å². The largest absolute Gasteiger partial charge is 0.496 e. The first-order valence-corrected chi connectivity index (χ1v) is 4.59. The molecule has 0 aliphatic heterocycles. The van der Waals surface area contributed by atoms with Gasteiger partial charge in [0.1, 0.15) is 5.75 Å². The normalized spacial score (nSPS) is 9.73. The molecule has 0 radical (unpaired) electrons. The van der Waals surface area contributed by atoms with Crippen LogP contribution in [0.3, 0.4) is 0 Å². The Kier molecular flexibility index (Phi) is 2.94. The summed E-state index contributed by atoms with van der Waals surface area (Å²) in [5.74, 6) is 0.960. The molecule has 1 aromatic rings. The molecule has 0 unspecified atom stereocenters. The van der Waals surface area contributed by atoms with Crippen molar-refractivity contribution < 1.29 is 4.74 Å². The summed E-state index contributed by atoms with van der Waals surface area (Å²) in [6.45, 7) is 2.04. The molecule has 0 saturated carbocycles. The third kappa shape index (κ3) is 1.96. The number of hydrogen-bond acceptors (Lipinski definition) is 1. The first kappa shape index (κ1) is 8.60. The summed E-state index contributed by atoms with van der Waals surface area (Å²) in [5.41, 5.74) is 2.42. The van der Waals surface area contributed by atoms with E-state index in [9.17, 15) is 0 Å². The second-order valence-corrected chi connectivity index (χ2v) is 3.00. The maximum Gasteiger partial charge on any atom is 0.122 e. The highest BCUT2D eigenvalue weighted by molar-refractivity contribution is 9.08. The molecule has 0 aliphatic rings. The van der Waals surface area contributed by atoms with Gasteiger partial charge in [-0.15, -0.1) is 0 Å². The van der Waals surface area contributed by atoms with Crippen LogP contribution in [0.2, 0.25) is 0 Å². The van der Waals surface area contributed by atoms with E-state index in [0.717, 1.165) is 11.1 Å². The Bertz CT molecular complexity index is 245. The molecule has 2 heteroatoms.